The Balaban J connectivity index is 1.77. The number of benzene rings is 1. The van der Waals surface area contributed by atoms with Crippen molar-refractivity contribution in [1.82, 2.24) is 68.5 Å². The van der Waals surface area contributed by atoms with Crippen LogP contribution in [0.25, 0.3) is 0 Å². The van der Waals surface area contributed by atoms with Gasteiger partial charge in [0.2, 0.25) is 70.9 Å². The van der Waals surface area contributed by atoms with E-state index < -0.39 is 193 Å². The zero-order chi connectivity index (χ0) is 74.3. The highest BCUT2D eigenvalue weighted by Gasteiger charge is 2.39. The molecular formula is C66H101N17O16S-2. The first kappa shape index (κ1) is 83.4. The van der Waals surface area contributed by atoms with Crippen LogP contribution in [-0.2, 0) is 80.0 Å². The molecule has 0 bridgehead atoms. The number of nitrogens with zero attached hydrogens (tertiary/aromatic N) is 2. The van der Waals surface area contributed by atoms with Crippen LogP contribution in [-0.4, -0.2) is 189 Å². The van der Waals surface area contributed by atoms with E-state index in [2.05, 4.69) is 73.4 Å². The maximum atomic E-state index is 14.9. The Hall–Kier alpha value is -9.05. The molecule has 4 rings (SSSR count). The van der Waals surface area contributed by atoms with Gasteiger partial charge in [-0.3, -0.25) is 62.5 Å². The molecule has 3 heterocycles. The monoisotopic (exact) mass is 1420 g/mol. The smallest absolute Gasteiger partial charge is 0.246 e. The number of carboxylic acids is 2. The fourth-order valence-electron chi connectivity index (χ4n) is 10.8. The predicted octanol–water partition coefficient (Wildman–Crippen LogP) is -4.35. The molecule has 18 N–H and O–H groups in total. The number of H-pyrrole nitrogens is 1. The minimum absolute atomic E-state index is 0.00730. The number of nitrogens with two attached hydrogens (primary N) is 3. The number of hydrogen-bond acceptors (Lipinski definition) is 21. The molecular weight excluding hydrogens is 1320 g/mol. The lowest BCUT2D eigenvalue weighted by Gasteiger charge is -2.30. The third kappa shape index (κ3) is 27.6. The number of hydrogen-bond donors (Lipinski definition) is 15. The number of thioether (sulfide) groups is 1. The number of aliphatic imine (C=N–C) groups is 1. The quantitative estimate of drug-likeness (QED) is 0.0339. The van der Waals surface area contributed by atoms with E-state index in [1.165, 1.54) is 24.3 Å². The fraction of sp³-hybridized carbons (Fsp3) is 0.636. The van der Waals surface area contributed by atoms with Crippen molar-refractivity contribution in [3.8, 4) is 0 Å². The highest BCUT2D eigenvalue weighted by atomic mass is 32.2. The summed E-state index contributed by atoms with van der Waals surface area (Å²) in [5, 5.41) is 53.2. The lowest BCUT2D eigenvalue weighted by atomic mass is 9.96. The molecule has 554 valence electrons. The van der Waals surface area contributed by atoms with Gasteiger partial charge in [-0.05, 0) is 87.1 Å². The molecule has 15 atom stereocenters. The number of carbonyl (C=O) groups excluding carboxylic acids is 14. The number of carbonyl (C=O) groups is 14. The van der Waals surface area contributed by atoms with Gasteiger partial charge in [0.05, 0.1) is 23.8 Å². The van der Waals surface area contributed by atoms with Crippen LogP contribution >= 0.6 is 11.8 Å². The van der Waals surface area contributed by atoms with Crippen molar-refractivity contribution in [1.29, 1.82) is 0 Å². The zero-order valence-corrected chi connectivity index (χ0v) is 58.9. The first-order valence-electron chi connectivity index (χ1n) is 34.1. The summed E-state index contributed by atoms with van der Waals surface area (Å²) >= 11 is 1.34. The molecule has 0 aliphatic carbocycles. The van der Waals surface area contributed by atoms with E-state index in [0.29, 0.717) is 10.6 Å². The van der Waals surface area contributed by atoms with Gasteiger partial charge in [-0.1, -0.05) is 105 Å². The Bertz CT molecular complexity index is 3160. The molecule has 33 nitrogen and oxygen atoms in total. The van der Waals surface area contributed by atoms with E-state index in [9.17, 15) is 77.3 Å². The van der Waals surface area contributed by atoms with E-state index in [4.69, 9.17) is 17.2 Å². The molecule has 0 saturated carbocycles. The number of carboxylic acid groups (broad SMARTS) is 2. The summed E-state index contributed by atoms with van der Waals surface area (Å²) in [6.07, 6.45) is -0.0833. The molecule has 0 spiro atoms. The van der Waals surface area contributed by atoms with Crippen molar-refractivity contribution in [2.24, 2.45) is 45.9 Å². The number of aliphatic carboxylic acids is 2. The number of aromatic amines is 1. The van der Waals surface area contributed by atoms with E-state index >= 15 is 0 Å². The molecule has 2 aliphatic rings. The van der Waals surface area contributed by atoms with Crippen LogP contribution in [0.4, 0.5) is 0 Å². The standard InChI is InChI=1S/C66H103N17O16S/c1-9-35(6)52(69)66-81-48(32-100-66)63(97)76-43(26-34(4)5)59(93)74-42(22-23-50(85)86)58(92)83-53(36(7)10-2)64(98)75-40-20-15-16-25-71-55(89)46(29-49(68)84)78-62(96)47(30-51(87)88)79-61(95)45(28-39-31-70-33-72-39)77-60(94)44(27-38-18-13-12-14-19-38)80-65(99)54(37(8)11-3)82-57(91)41(21-17-24-67)73-56(40)90/h12-14,18-19,31,33-37,40-48,52-54H,9-11,15-17,20-30,32,67,69H2,1-8H3,(H2,68,84)(H,70,72)(H,71,89)(H,73,90)(H,74,93)(H,75,98)(H,76,97)(H,77,94)(H,78,96)(H,79,95)(H,80,99)(H,82,91)(H,83,92)(H,85,86)(H,87,88)/p-2. The second-order valence-electron chi connectivity index (χ2n) is 25.9. The summed E-state index contributed by atoms with van der Waals surface area (Å²) < 4.78 is 0. The van der Waals surface area contributed by atoms with Crippen LogP contribution in [0.3, 0.4) is 0 Å². The van der Waals surface area contributed by atoms with E-state index in [1.54, 1.807) is 71.9 Å². The summed E-state index contributed by atoms with van der Waals surface area (Å²) in [5.41, 5.74) is 18.7. The Morgan fingerprint density at radius 2 is 1.26 bits per heavy atom. The van der Waals surface area contributed by atoms with Crippen molar-refractivity contribution in [2.75, 3.05) is 18.8 Å². The van der Waals surface area contributed by atoms with E-state index in [0.717, 1.165) is 6.42 Å². The average Bonchev–Trinajstić information content (AvgIpc) is 1.37. The minimum atomic E-state index is -2.01. The normalized spacial score (nSPS) is 23.1. The van der Waals surface area contributed by atoms with Crippen molar-refractivity contribution in [2.45, 2.75) is 224 Å². The number of aromatic nitrogens is 2. The molecule has 1 aromatic heterocycles. The topological polar surface area (TPSA) is 537 Å². The van der Waals surface area contributed by atoms with Crippen LogP contribution in [0, 0.1) is 23.7 Å². The molecule has 34 heteroatoms. The molecule has 1 fully saturated rings. The Labute approximate surface area is 586 Å². The molecule has 15 unspecified atom stereocenters. The minimum Gasteiger partial charge on any atom is -0.550 e. The van der Waals surface area contributed by atoms with Crippen LogP contribution in [0.2, 0.25) is 0 Å². The fourth-order valence-corrected chi connectivity index (χ4v) is 12.0. The second-order valence-corrected chi connectivity index (χ2v) is 27.0. The maximum absolute atomic E-state index is 14.9. The van der Waals surface area contributed by atoms with E-state index in [1.807, 2.05) is 13.8 Å². The van der Waals surface area contributed by atoms with Gasteiger partial charge in [0, 0.05) is 55.4 Å². The lowest BCUT2D eigenvalue weighted by molar-refractivity contribution is -0.307. The molecule has 12 amide bonds. The molecule has 2 aromatic rings. The van der Waals surface area contributed by atoms with Gasteiger partial charge in [0.15, 0.2) is 0 Å². The number of imidazole rings is 1. The van der Waals surface area contributed by atoms with Gasteiger partial charge in [0.25, 0.3) is 0 Å². The summed E-state index contributed by atoms with van der Waals surface area (Å²) in [5.74, 6) is -16.2. The van der Waals surface area contributed by atoms with Gasteiger partial charge in [-0.25, -0.2) is 4.98 Å². The molecule has 1 aromatic carbocycles. The average molecular weight is 1420 g/mol. The predicted molar refractivity (Wildman–Crippen MR) is 364 cm³/mol. The third-order valence-corrected chi connectivity index (χ3v) is 18.6. The van der Waals surface area contributed by atoms with Crippen molar-refractivity contribution in [3.05, 3.63) is 54.1 Å². The Kier molecular flexibility index (Phi) is 35.1. The van der Waals surface area contributed by atoms with Crippen LogP contribution in [0.1, 0.15) is 150 Å². The van der Waals surface area contributed by atoms with Crippen molar-refractivity contribution >= 4 is 99.6 Å². The number of nitrogens with one attached hydrogen (secondary N) is 12. The van der Waals surface area contributed by atoms with Crippen molar-refractivity contribution in [3.63, 3.8) is 0 Å². The van der Waals surface area contributed by atoms with Gasteiger partial charge in [0.1, 0.15) is 66.5 Å². The zero-order valence-electron chi connectivity index (χ0n) is 58.1. The highest BCUT2D eigenvalue weighted by molar-refractivity contribution is 8.14. The third-order valence-electron chi connectivity index (χ3n) is 17.5. The first-order chi connectivity index (χ1) is 47.4. The highest BCUT2D eigenvalue weighted by Crippen LogP contribution is 2.25. The van der Waals surface area contributed by atoms with Gasteiger partial charge in [-0.2, -0.15) is 0 Å². The summed E-state index contributed by atoms with van der Waals surface area (Å²) in [6, 6.07) is -8.63. The van der Waals surface area contributed by atoms with Crippen molar-refractivity contribution < 1.29 is 77.3 Å². The Morgan fingerprint density at radius 1 is 0.660 bits per heavy atom. The van der Waals surface area contributed by atoms with Gasteiger partial charge in [-0.15, -0.1) is 11.8 Å². The summed E-state index contributed by atoms with van der Waals surface area (Å²) in [7, 11) is 0. The summed E-state index contributed by atoms with van der Waals surface area (Å²) in [6.45, 7) is 14.0. The van der Waals surface area contributed by atoms with Gasteiger partial charge >= 0.3 is 0 Å². The largest absolute Gasteiger partial charge is 0.550 e. The first-order valence-corrected chi connectivity index (χ1v) is 35.0. The number of amides is 12. The number of primary amides is 1. The number of rotatable bonds is 31. The van der Waals surface area contributed by atoms with Gasteiger partial charge < -0.3 is 100 Å². The lowest BCUT2D eigenvalue weighted by Crippen LogP contribution is -2.62. The molecule has 0 radical (unpaired) electrons. The maximum Gasteiger partial charge on any atom is 0.246 e. The molecule has 100 heavy (non-hydrogen) atoms. The summed E-state index contributed by atoms with van der Waals surface area (Å²) in [4.78, 5) is 206. The SMILES string of the molecule is CCC(C)C(N)C1=NC(C(=O)NC(CC(C)C)C(=O)NC(CCC(=O)[O-])C(=O)NC(C(=O)NC2CCCCNC(=O)C(CC(N)=O)NC(=O)C(CC(=O)[O-])NC(=O)C(Cc3cnc[nH]3)NC(=O)C(Cc3ccccc3)NC(=O)C(C(C)CC)NC(=O)C(CCCN)NC2=O)C(C)CC)CS1. The molecule has 2 aliphatic heterocycles. The molecule has 1 saturated heterocycles. The van der Waals surface area contributed by atoms with Crippen LogP contribution in [0.5, 0.6) is 0 Å². The second kappa shape index (κ2) is 42.1. The Morgan fingerprint density at radius 3 is 1.85 bits per heavy atom. The van der Waals surface area contributed by atoms with Crippen LogP contribution < -0.4 is 85.9 Å². The van der Waals surface area contributed by atoms with E-state index in [-0.39, 0.29) is 101 Å². The van der Waals surface area contributed by atoms with Crippen LogP contribution in [0.15, 0.2) is 47.8 Å².